The Morgan fingerprint density at radius 1 is 1.16 bits per heavy atom. The van der Waals surface area contributed by atoms with E-state index in [4.69, 9.17) is 21.4 Å². The van der Waals surface area contributed by atoms with Crippen LogP contribution in [0, 0.1) is 5.82 Å². The van der Waals surface area contributed by atoms with Crippen molar-refractivity contribution in [2.75, 3.05) is 11.9 Å². The third-order valence-electron chi connectivity index (χ3n) is 6.07. The summed E-state index contributed by atoms with van der Waals surface area (Å²) in [5.74, 6) is -0.296. The number of aliphatic imine (C=N–C) groups is 1. The molecule has 38 heavy (non-hydrogen) atoms. The van der Waals surface area contributed by atoms with Gasteiger partial charge in [0.1, 0.15) is 16.8 Å². The van der Waals surface area contributed by atoms with E-state index in [1.807, 2.05) is 25.1 Å². The number of hydrogen-bond donors (Lipinski definition) is 1. The summed E-state index contributed by atoms with van der Waals surface area (Å²) in [5.41, 5.74) is 3.04. The Morgan fingerprint density at radius 2 is 1.92 bits per heavy atom. The van der Waals surface area contributed by atoms with Crippen molar-refractivity contribution in [3.05, 3.63) is 94.8 Å². The van der Waals surface area contributed by atoms with Crippen LogP contribution in [0.5, 0.6) is 5.75 Å². The molecule has 0 saturated carbocycles. The average molecular weight is 551 g/mol. The number of rotatable bonds is 7. The van der Waals surface area contributed by atoms with Crippen LogP contribution in [-0.2, 0) is 9.59 Å². The van der Waals surface area contributed by atoms with Crippen molar-refractivity contribution in [2.45, 2.75) is 31.1 Å². The monoisotopic (exact) mass is 550 g/mol. The summed E-state index contributed by atoms with van der Waals surface area (Å²) < 4.78 is 18.9. The van der Waals surface area contributed by atoms with E-state index >= 15 is 0 Å². The molecule has 0 bridgehead atoms. The first-order valence-corrected chi connectivity index (χ1v) is 13.4. The number of hydrazone groups is 1. The molecule has 0 radical (unpaired) electrons. The van der Waals surface area contributed by atoms with Crippen LogP contribution in [0.4, 0.5) is 10.1 Å². The van der Waals surface area contributed by atoms with Crippen molar-refractivity contribution in [2.24, 2.45) is 10.1 Å². The van der Waals surface area contributed by atoms with Gasteiger partial charge in [-0.25, -0.2) is 9.40 Å². The average Bonchev–Trinajstić information content (AvgIpc) is 3.50. The smallest absolute Gasteiger partial charge is 0.262 e. The van der Waals surface area contributed by atoms with Crippen LogP contribution in [0.15, 0.2) is 82.9 Å². The van der Waals surface area contributed by atoms with E-state index in [1.54, 1.807) is 47.5 Å². The SMILES string of the molecule is CCOc1ccc(NC(=O)C[C@H]2SC(N3N=C(c4ccc(F)cc4)C[C@H]3c3cccc(Cl)c3)=NC2=O)cc1. The predicted molar refractivity (Wildman–Crippen MR) is 148 cm³/mol. The molecule has 1 N–H and O–H groups in total. The number of ether oxygens (including phenoxy) is 1. The zero-order valence-electron chi connectivity index (χ0n) is 20.4. The van der Waals surface area contributed by atoms with E-state index in [-0.39, 0.29) is 30.1 Å². The van der Waals surface area contributed by atoms with Crippen LogP contribution in [0.25, 0.3) is 0 Å². The van der Waals surface area contributed by atoms with Gasteiger partial charge in [0, 0.05) is 23.6 Å². The highest BCUT2D eigenvalue weighted by atomic mass is 35.5. The summed E-state index contributed by atoms with van der Waals surface area (Å²) in [6, 6.07) is 20.4. The molecular weight excluding hydrogens is 527 g/mol. The first kappa shape index (κ1) is 25.9. The van der Waals surface area contributed by atoms with Gasteiger partial charge < -0.3 is 10.1 Å². The second-order valence-corrected chi connectivity index (χ2v) is 10.3. The number of amides is 2. The van der Waals surface area contributed by atoms with Crippen LogP contribution >= 0.6 is 23.4 Å². The maximum atomic E-state index is 13.5. The fraction of sp³-hybridized carbons (Fsp3) is 0.214. The molecule has 0 unspecified atom stereocenters. The number of hydrogen-bond acceptors (Lipinski definition) is 6. The van der Waals surface area contributed by atoms with Crippen molar-refractivity contribution in [1.29, 1.82) is 0 Å². The van der Waals surface area contributed by atoms with Gasteiger partial charge in [-0.3, -0.25) is 9.59 Å². The predicted octanol–water partition coefficient (Wildman–Crippen LogP) is 6.06. The molecule has 2 aliphatic heterocycles. The summed E-state index contributed by atoms with van der Waals surface area (Å²) in [4.78, 5) is 29.7. The van der Waals surface area contributed by atoms with Crippen LogP contribution < -0.4 is 10.1 Å². The summed E-state index contributed by atoms with van der Waals surface area (Å²) in [7, 11) is 0. The Hall–Kier alpha value is -3.69. The summed E-state index contributed by atoms with van der Waals surface area (Å²) in [5, 5.41) is 9.62. The number of amidine groups is 1. The second kappa shape index (κ2) is 11.4. The molecular formula is C28H24ClFN4O3S. The highest BCUT2D eigenvalue weighted by molar-refractivity contribution is 8.15. The van der Waals surface area contributed by atoms with Crippen molar-refractivity contribution < 1.29 is 18.7 Å². The van der Waals surface area contributed by atoms with Crippen molar-refractivity contribution in [1.82, 2.24) is 5.01 Å². The molecule has 2 aliphatic rings. The van der Waals surface area contributed by atoms with Gasteiger partial charge >= 0.3 is 0 Å². The van der Waals surface area contributed by atoms with E-state index < -0.39 is 5.25 Å². The highest BCUT2D eigenvalue weighted by Crippen LogP contribution is 2.39. The third kappa shape index (κ3) is 5.89. The largest absolute Gasteiger partial charge is 0.494 e. The van der Waals surface area contributed by atoms with E-state index in [0.29, 0.717) is 34.7 Å². The number of halogens is 2. The Balaban J connectivity index is 1.31. The molecule has 2 atom stereocenters. The number of benzene rings is 3. The van der Waals surface area contributed by atoms with E-state index in [1.165, 1.54) is 23.9 Å². The van der Waals surface area contributed by atoms with Gasteiger partial charge in [0.05, 0.1) is 18.4 Å². The molecule has 10 heteroatoms. The van der Waals surface area contributed by atoms with Gasteiger partial charge in [0.25, 0.3) is 5.91 Å². The van der Waals surface area contributed by atoms with Gasteiger partial charge in [-0.15, -0.1) is 0 Å². The van der Waals surface area contributed by atoms with Crippen LogP contribution in [0.1, 0.15) is 36.9 Å². The molecule has 2 amide bonds. The lowest BCUT2D eigenvalue weighted by atomic mass is 9.98. The molecule has 3 aromatic rings. The maximum Gasteiger partial charge on any atom is 0.262 e. The molecule has 194 valence electrons. The number of carbonyl (C=O) groups excluding carboxylic acids is 2. The normalized spacial score (nSPS) is 18.8. The molecule has 7 nitrogen and oxygen atoms in total. The molecule has 0 spiro atoms. The van der Waals surface area contributed by atoms with Gasteiger partial charge in [-0.1, -0.05) is 47.6 Å². The van der Waals surface area contributed by atoms with E-state index in [9.17, 15) is 14.0 Å². The number of nitrogens with zero attached hydrogens (tertiary/aromatic N) is 3. The Labute approximate surface area is 228 Å². The Kier molecular flexibility index (Phi) is 7.76. The molecule has 3 aromatic carbocycles. The van der Waals surface area contributed by atoms with Gasteiger partial charge in [0.2, 0.25) is 5.91 Å². The molecule has 0 aliphatic carbocycles. The Bertz CT molecular complexity index is 1410. The highest BCUT2D eigenvalue weighted by Gasteiger charge is 2.39. The first-order chi connectivity index (χ1) is 18.4. The second-order valence-electron chi connectivity index (χ2n) is 8.72. The van der Waals surface area contributed by atoms with E-state index in [0.717, 1.165) is 16.8 Å². The Morgan fingerprint density at radius 3 is 2.63 bits per heavy atom. The minimum absolute atomic E-state index is 0.0338. The van der Waals surface area contributed by atoms with Crippen molar-refractivity contribution in [3.63, 3.8) is 0 Å². The minimum atomic E-state index is -0.669. The summed E-state index contributed by atoms with van der Waals surface area (Å²) in [6.07, 6.45) is 0.483. The zero-order chi connectivity index (χ0) is 26.6. The minimum Gasteiger partial charge on any atom is -0.494 e. The van der Waals surface area contributed by atoms with Crippen LogP contribution in [-0.4, -0.2) is 39.6 Å². The summed E-state index contributed by atoms with van der Waals surface area (Å²) in [6.45, 7) is 2.45. The topological polar surface area (TPSA) is 83.4 Å². The zero-order valence-corrected chi connectivity index (χ0v) is 22.0. The van der Waals surface area contributed by atoms with E-state index in [2.05, 4.69) is 10.3 Å². The third-order valence-corrected chi connectivity index (χ3v) is 7.44. The lowest BCUT2D eigenvalue weighted by Crippen LogP contribution is -2.25. The lowest BCUT2D eigenvalue weighted by molar-refractivity contribution is -0.121. The maximum absolute atomic E-state index is 13.5. The van der Waals surface area contributed by atoms with Gasteiger partial charge in [-0.05, 0) is 66.6 Å². The van der Waals surface area contributed by atoms with Gasteiger partial charge in [-0.2, -0.15) is 10.1 Å². The van der Waals surface area contributed by atoms with Crippen LogP contribution in [0.2, 0.25) is 5.02 Å². The standard InChI is InChI=1S/C28H24ClFN4O3S/c1-2-37-22-12-10-21(11-13-22)31-26(35)16-25-27(36)32-28(38-25)34-24(18-4-3-5-19(29)14-18)15-23(33-34)17-6-8-20(30)9-7-17/h3-14,24-25H,2,15-16H2,1H3,(H,31,35)/t24-,25+/m0/s1. The molecule has 2 heterocycles. The molecule has 0 fully saturated rings. The number of nitrogens with one attached hydrogen (secondary N) is 1. The molecule has 0 saturated heterocycles. The molecule has 0 aromatic heterocycles. The fourth-order valence-electron chi connectivity index (χ4n) is 4.26. The fourth-order valence-corrected chi connectivity index (χ4v) is 5.52. The lowest BCUT2D eigenvalue weighted by Gasteiger charge is -2.23. The van der Waals surface area contributed by atoms with Crippen LogP contribution in [0.3, 0.4) is 0 Å². The van der Waals surface area contributed by atoms with Gasteiger partial charge in [0.15, 0.2) is 5.17 Å². The van der Waals surface area contributed by atoms with Crippen molar-refractivity contribution >= 4 is 51.7 Å². The van der Waals surface area contributed by atoms with Crippen molar-refractivity contribution in [3.8, 4) is 5.75 Å². The first-order valence-electron chi connectivity index (χ1n) is 12.1. The number of carbonyl (C=O) groups is 2. The molecule has 5 rings (SSSR count). The quantitative estimate of drug-likeness (QED) is 0.387. The summed E-state index contributed by atoms with van der Waals surface area (Å²) >= 11 is 7.47. The number of anilines is 1. The number of thioether (sulfide) groups is 1.